The quantitative estimate of drug-likeness (QED) is 0.659. The fraction of sp³-hybridized carbons (Fsp3) is 0.571. The Morgan fingerprint density at radius 1 is 1.21 bits per heavy atom. The number of rotatable bonds is 5. The van der Waals surface area contributed by atoms with E-state index in [-0.39, 0.29) is 0 Å². The second-order valence-corrected chi connectivity index (χ2v) is 9.55. The van der Waals surface area contributed by atoms with Gasteiger partial charge in [0.05, 0.1) is 11.6 Å². The van der Waals surface area contributed by atoms with Crippen molar-refractivity contribution in [1.29, 1.82) is 0 Å². The highest BCUT2D eigenvalue weighted by Gasteiger charge is 2.49. The van der Waals surface area contributed by atoms with Gasteiger partial charge in [-0.1, -0.05) is 13.8 Å². The maximum absolute atomic E-state index is 4.68. The van der Waals surface area contributed by atoms with Gasteiger partial charge in [-0.25, -0.2) is 9.97 Å². The maximum Gasteiger partial charge on any atom is 0.140 e. The van der Waals surface area contributed by atoms with Gasteiger partial charge < -0.3 is 4.90 Å². The minimum atomic E-state index is 0.413. The van der Waals surface area contributed by atoms with Gasteiger partial charge in [0.25, 0.3) is 0 Å². The van der Waals surface area contributed by atoms with Gasteiger partial charge in [-0.15, -0.1) is 11.3 Å². The zero-order valence-electron chi connectivity index (χ0n) is 16.9. The monoisotopic (exact) mass is 396 g/mol. The zero-order valence-corrected chi connectivity index (χ0v) is 17.7. The molecule has 2 aliphatic rings. The van der Waals surface area contributed by atoms with Crippen LogP contribution in [0.3, 0.4) is 0 Å². The van der Waals surface area contributed by atoms with E-state index < -0.39 is 0 Å². The van der Waals surface area contributed by atoms with E-state index >= 15 is 0 Å². The van der Waals surface area contributed by atoms with E-state index in [0.717, 1.165) is 36.6 Å². The Kier molecular flexibility index (Phi) is 4.39. The van der Waals surface area contributed by atoms with Crippen molar-refractivity contribution < 1.29 is 0 Å². The molecule has 0 aliphatic carbocycles. The third kappa shape index (κ3) is 2.92. The average molecular weight is 397 g/mol. The molecule has 0 unspecified atom stereocenters. The summed E-state index contributed by atoms with van der Waals surface area (Å²) < 4.78 is 1.91. The van der Waals surface area contributed by atoms with Crippen molar-refractivity contribution in [3.8, 4) is 0 Å². The lowest BCUT2D eigenvalue weighted by Crippen LogP contribution is -2.58. The van der Waals surface area contributed by atoms with Gasteiger partial charge in [-0.2, -0.15) is 5.10 Å². The summed E-state index contributed by atoms with van der Waals surface area (Å²) >= 11 is 1.80. The first-order chi connectivity index (χ1) is 13.6. The minimum Gasteiger partial charge on any atom is -0.355 e. The molecular weight excluding hydrogens is 368 g/mol. The number of nitrogens with zero attached hydrogens (tertiary/aromatic N) is 6. The van der Waals surface area contributed by atoms with Crippen molar-refractivity contribution in [1.82, 2.24) is 24.6 Å². The van der Waals surface area contributed by atoms with Crippen LogP contribution in [0.1, 0.15) is 43.2 Å². The van der Waals surface area contributed by atoms with Gasteiger partial charge >= 0.3 is 0 Å². The number of fused-ring (bicyclic) bond motifs is 1. The lowest BCUT2D eigenvalue weighted by atomic mass is 9.77. The Balaban J connectivity index is 1.31. The highest BCUT2D eigenvalue weighted by atomic mass is 32.1. The average Bonchev–Trinajstić information content (AvgIpc) is 3.39. The third-order valence-electron chi connectivity index (χ3n) is 6.46. The molecule has 6 nitrogen and oxygen atoms in total. The SMILES string of the molecule is CCc1cc2c(N3CCC4(C3)CN([C@@H](CC)c3cnn(C)c3)C4)ncnc2s1. The first kappa shape index (κ1) is 18.1. The van der Waals surface area contributed by atoms with Crippen molar-refractivity contribution in [2.75, 3.05) is 31.1 Å². The fourth-order valence-electron chi connectivity index (χ4n) is 5.05. The minimum absolute atomic E-state index is 0.413. The molecule has 0 amide bonds. The number of anilines is 1. The van der Waals surface area contributed by atoms with Crippen LogP contribution in [0.5, 0.6) is 0 Å². The summed E-state index contributed by atoms with van der Waals surface area (Å²) in [5, 5.41) is 5.61. The molecular formula is C21H28N6S. The molecule has 0 aromatic carbocycles. The summed E-state index contributed by atoms with van der Waals surface area (Å²) in [6, 6.07) is 2.78. The van der Waals surface area contributed by atoms with Crippen LogP contribution in [0.4, 0.5) is 5.82 Å². The summed E-state index contributed by atoms with van der Waals surface area (Å²) in [6.45, 7) is 9.04. The van der Waals surface area contributed by atoms with Crippen molar-refractivity contribution in [2.24, 2.45) is 12.5 Å². The predicted octanol–water partition coefficient (Wildman–Crippen LogP) is 3.65. The third-order valence-corrected chi connectivity index (χ3v) is 7.65. The van der Waals surface area contributed by atoms with E-state index in [0.29, 0.717) is 11.5 Å². The standard InChI is InChI=1S/C21H28N6S/c1-4-16-8-17-19(22-14-23-20(17)28-16)26-7-6-21(11-26)12-27(13-21)18(5-2)15-9-24-25(3)10-15/h8-10,14,18H,4-7,11-13H2,1-3H3/t18-/m0/s1. The summed E-state index contributed by atoms with van der Waals surface area (Å²) in [5.74, 6) is 1.13. The van der Waals surface area contributed by atoms with Crippen LogP contribution in [0, 0.1) is 5.41 Å². The Morgan fingerprint density at radius 3 is 2.79 bits per heavy atom. The maximum atomic E-state index is 4.68. The summed E-state index contributed by atoms with van der Waals surface area (Å²) in [4.78, 5) is 16.8. The Bertz CT molecular complexity index is 986. The molecule has 28 heavy (non-hydrogen) atoms. The fourth-order valence-corrected chi connectivity index (χ4v) is 5.98. The van der Waals surface area contributed by atoms with E-state index in [1.165, 1.54) is 35.3 Å². The predicted molar refractivity (Wildman–Crippen MR) is 114 cm³/mol. The molecule has 2 saturated heterocycles. The number of hydrogen-bond donors (Lipinski definition) is 0. The molecule has 148 valence electrons. The number of likely N-dealkylation sites (tertiary alicyclic amines) is 1. The molecule has 0 bridgehead atoms. The lowest BCUT2D eigenvalue weighted by molar-refractivity contribution is -0.0189. The Hall–Kier alpha value is -1.99. The van der Waals surface area contributed by atoms with Crippen molar-refractivity contribution >= 4 is 27.4 Å². The first-order valence-corrected chi connectivity index (χ1v) is 11.1. The molecule has 0 N–H and O–H groups in total. The molecule has 5 heterocycles. The molecule has 0 radical (unpaired) electrons. The van der Waals surface area contributed by atoms with Crippen LogP contribution < -0.4 is 4.90 Å². The molecule has 2 aliphatic heterocycles. The normalized spacial score (nSPS) is 20.2. The van der Waals surface area contributed by atoms with Gasteiger partial charge in [-0.3, -0.25) is 9.58 Å². The second-order valence-electron chi connectivity index (χ2n) is 8.43. The molecule has 1 spiro atoms. The van der Waals surface area contributed by atoms with Gasteiger partial charge in [-0.05, 0) is 25.3 Å². The van der Waals surface area contributed by atoms with Crippen LogP contribution in [-0.4, -0.2) is 50.8 Å². The Labute approximate surface area is 170 Å². The lowest BCUT2D eigenvalue weighted by Gasteiger charge is -2.51. The molecule has 0 saturated carbocycles. The largest absolute Gasteiger partial charge is 0.355 e. The van der Waals surface area contributed by atoms with Gasteiger partial charge in [0, 0.05) is 61.3 Å². The molecule has 1 atom stereocenters. The Morgan fingerprint density at radius 2 is 2.07 bits per heavy atom. The zero-order chi connectivity index (χ0) is 19.3. The van der Waals surface area contributed by atoms with E-state index in [4.69, 9.17) is 0 Å². The van der Waals surface area contributed by atoms with Crippen LogP contribution >= 0.6 is 11.3 Å². The summed E-state index contributed by atoms with van der Waals surface area (Å²) in [6.07, 6.45) is 9.38. The first-order valence-electron chi connectivity index (χ1n) is 10.3. The van der Waals surface area contributed by atoms with Crippen LogP contribution in [0.25, 0.3) is 10.2 Å². The molecule has 3 aromatic rings. The van der Waals surface area contributed by atoms with Gasteiger partial charge in [0.1, 0.15) is 17.0 Å². The van der Waals surface area contributed by atoms with Gasteiger partial charge in [0.2, 0.25) is 0 Å². The number of aryl methyl sites for hydroxylation is 2. The molecule has 5 rings (SSSR count). The second kappa shape index (κ2) is 6.81. The summed E-state index contributed by atoms with van der Waals surface area (Å²) in [7, 11) is 2.00. The smallest absolute Gasteiger partial charge is 0.140 e. The highest BCUT2D eigenvalue weighted by Crippen LogP contribution is 2.46. The molecule has 2 fully saturated rings. The van der Waals surface area contributed by atoms with Crippen LogP contribution in [0.15, 0.2) is 24.8 Å². The van der Waals surface area contributed by atoms with Crippen LogP contribution in [-0.2, 0) is 13.5 Å². The number of hydrogen-bond acceptors (Lipinski definition) is 6. The molecule has 3 aromatic heterocycles. The van der Waals surface area contributed by atoms with Gasteiger partial charge in [0.15, 0.2) is 0 Å². The van der Waals surface area contributed by atoms with Crippen LogP contribution in [0.2, 0.25) is 0 Å². The topological polar surface area (TPSA) is 50.1 Å². The van der Waals surface area contributed by atoms with E-state index in [1.54, 1.807) is 17.7 Å². The number of thiophene rings is 1. The van der Waals surface area contributed by atoms with Crippen molar-refractivity contribution in [3.05, 3.63) is 35.2 Å². The van der Waals surface area contributed by atoms with E-state index in [2.05, 4.69) is 51.0 Å². The van der Waals surface area contributed by atoms with E-state index in [1.807, 2.05) is 17.9 Å². The molecule has 7 heteroatoms. The number of aromatic nitrogens is 4. The highest BCUT2D eigenvalue weighted by molar-refractivity contribution is 7.18. The van der Waals surface area contributed by atoms with Crippen molar-refractivity contribution in [3.63, 3.8) is 0 Å². The summed E-state index contributed by atoms with van der Waals surface area (Å²) in [5.41, 5.74) is 1.76. The van der Waals surface area contributed by atoms with Crippen molar-refractivity contribution in [2.45, 2.75) is 39.2 Å². The van der Waals surface area contributed by atoms with E-state index in [9.17, 15) is 0 Å².